The Morgan fingerprint density at radius 2 is 2.15 bits per heavy atom. The quantitative estimate of drug-likeness (QED) is 0.448. The van der Waals surface area contributed by atoms with Gasteiger partial charge in [0, 0.05) is 0 Å². The van der Waals surface area contributed by atoms with Gasteiger partial charge in [-0.25, -0.2) is 0 Å². The van der Waals surface area contributed by atoms with Crippen LogP contribution in [-0.4, -0.2) is 35.3 Å². The Balaban J connectivity index is 2.66. The van der Waals surface area contributed by atoms with Crippen LogP contribution in [0.4, 0.5) is 0 Å². The van der Waals surface area contributed by atoms with Crippen LogP contribution in [0.25, 0.3) is 0 Å². The second kappa shape index (κ2) is 4.08. The maximum atomic E-state index is 8.84. The van der Waals surface area contributed by atoms with E-state index >= 15 is 0 Å². The molecule has 0 aromatic heterocycles. The van der Waals surface area contributed by atoms with Gasteiger partial charge in [0.15, 0.2) is 6.19 Å². The molecule has 1 saturated heterocycles. The minimum absolute atomic E-state index is 0.000833. The summed E-state index contributed by atoms with van der Waals surface area (Å²) in [4.78, 5) is 3.55. The highest BCUT2D eigenvalue weighted by atomic mass is 15.5. The van der Waals surface area contributed by atoms with E-state index in [1.165, 1.54) is 0 Å². The summed E-state index contributed by atoms with van der Waals surface area (Å²) in [6, 6.07) is 2.08. The molecule has 0 amide bonds. The number of nitriles is 2. The van der Waals surface area contributed by atoms with Crippen molar-refractivity contribution >= 4 is 0 Å². The number of rotatable bonds is 1. The molecule has 1 aliphatic rings. The highest BCUT2D eigenvalue weighted by Gasteiger charge is 2.28. The molecule has 0 aromatic carbocycles. The van der Waals surface area contributed by atoms with Crippen molar-refractivity contribution in [3.8, 4) is 12.3 Å². The van der Waals surface area contributed by atoms with Gasteiger partial charge in [0.1, 0.15) is 0 Å². The van der Waals surface area contributed by atoms with Crippen molar-refractivity contribution in [2.75, 3.05) is 13.2 Å². The fourth-order valence-corrected chi connectivity index (χ4v) is 1.43. The smallest absolute Gasteiger partial charge is 0.182 e. The zero-order chi connectivity index (χ0) is 9.84. The molecular formula is C8H13N5. The molecule has 0 spiro atoms. The van der Waals surface area contributed by atoms with Crippen LogP contribution in [0.15, 0.2) is 0 Å². The standard InChI is InChI=1S/C8H13N5/c1-7-11-6-12(4-3-9)8(2)13(7)5-10/h7-8,11H,4,6H2,1-2H3. The molecule has 5 nitrogen and oxygen atoms in total. The van der Waals surface area contributed by atoms with Gasteiger partial charge in [0.05, 0.1) is 31.6 Å². The van der Waals surface area contributed by atoms with Crippen molar-refractivity contribution in [3.05, 3.63) is 0 Å². The topological polar surface area (TPSA) is 66.1 Å². The Kier molecular flexibility index (Phi) is 3.07. The van der Waals surface area contributed by atoms with Crippen molar-refractivity contribution in [2.45, 2.75) is 26.2 Å². The molecule has 70 valence electrons. The van der Waals surface area contributed by atoms with Crippen LogP contribution >= 0.6 is 0 Å². The molecular weight excluding hydrogens is 166 g/mol. The van der Waals surface area contributed by atoms with Crippen LogP contribution in [0.2, 0.25) is 0 Å². The molecule has 1 fully saturated rings. The van der Waals surface area contributed by atoms with Gasteiger partial charge >= 0.3 is 0 Å². The highest BCUT2D eigenvalue weighted by molar-refractivity contribution is 4.90. The SMILES string of the molecule is CC1NCN(CC#N)C(C)N1C#N. The lowest BCUT2D eigenvalue weighted by atomic mass is 10.3. The summed E-state index contributed by atoms with van der Waals surface area (Å²) < 4.78 is 0. The molecule has 0 radical (unpaired) electrons. The second-order valence-corrected chi connectivity index (χ2v) is 3.08. The third kappa shape index (κ3) is 1.89. The van der Waals surface area contributed by atoms with Gasteiger partial charge in [-0.2, -0.15) is 10.5 Å². The highest BCUT2D eigenvalue weighted by Crippen LogP contribution is 2.11. The summed E-state index contributed by atoms with van der Waals surface area (Å²) in [7, 11) is 0. The normalized spacial score (nSPS) is 29.4. The minimum Gasteiger partial charge on any atom is -0.284 e. The third-order valence-electron chi connectivity index (χ3n) is 2.33. The van der Waals surface area contributed by atoms with Crippen LogP contribution in [0.3, 0.4) is 0 Å². The molecule has 2 unspecified atom stereocenters. The summed E-state index contributed by atoms with van der Waals surface area (Å²) in [5.74, 6) is 0. The van der Waals surface area contributed by atoms with Crippen LogP contribution in [0.1, 0.15) is 13.8 Å². The molecule has 2 atom stereocenters. The summed E-state index contributed by atoms with van der Waals surface area (Å²) in [5.41, 5.74) is 0. The predicted octanol–water partition coefficient (Wildman–Crippen LogP) is -0.152. The Bertz CT molecular complexity index is 250. The molecule has 1 rings (SSSR count). The van der Waals surface area contributed by atoms with Crippen LogP contribution < -0.4 is 5.32 Å². The molecule has 13 heavy (non-hydrogen) atoms. The van der Waals surface area contributed by atoms with E-state index in [4.69, 9.17) is 10.5 Å². The molecule has 1 N–H and O–H groups in total. The first-order chi connectivity index (χ1) is 6.20. The first kappa shape index (κ1) is 9.79. The van der Waals surface area contributed by atoms with E-state index in [2.05, 4.69) is 17.6 Å². The largest absolute Gasteiger partial charge is 0.284 e. The van der Waals surface area contributed by atoms with Crippen molar-refractivity contribution in [3.63, 3.8) is 0 Å². The Labute approximate surface area is 78.1 Å². The van der Waals surface area contributed by atoms with Crippen LogP contribution in [0.5, 0.6) is 0 Å². The maximum absolute atomic E-state index is 8.84. The van der Waals surface area contributed by atoms with Crippen LogP contribution in [-0.2, 0) is 0 Å². The van der Waals surface area contributed by atoms with Gasteiger partial charge in [-0.15, -0.1) is 0 Å². The zero-order valence-electron chi connectivity index (χ0n) is 7.86. The van der Waals surface area contributed by atoms with Crippen molar-refractivity contribution in [1.82, 2.24) is 15.1 Å². The third-order valence-corrected chi connectivity index (χ3v) is 2.33. The van der Waals surface area contributed by atoms with E-state index in [1.807, 2.05) is 18.7 Å². The lowest BCUT2D eigenvalue weighted by Crippen LogP contribution is -2.61. The van der Waals surface area contributed by atoms with E-state index < -0.39 is 0 Å². The first-order valence-corrected chi connectivity index (χ1v) is 4.23. The summed E-state index contributed by atoms with van der Waals surface area (Å²) in [5, 5.41) is 20.5. The first-order valence-electron chi connectivity index (χ1n) is 4.23. The average molecular weight is 179 g/mol. The van der Waals surface area contributed by atoms with Crippen molar-refractivity contribution < 1.29 is 0 Å². The molecule has 0 saturated carbocycles. The van der Waals surface area contributed by atoms with Gasteiger partial charge in [0.2, 0.25) is 0 Å². The van der Waals surface area contributed by atoms with Gasteiger partial charge < -0.3 is 0 Å². The number of nitrogens with one attached hydrogen (secondary N) is 1. The van der Waals surface area contributed by atoms with Crippen LogP contribution in [0, 0.1) is 22.8 Å². The maximum Gasteiger partial charge on any atom is 0.182 e. The van der Waals surface area contributed by atoms with Crippen molar-refractivity contribution in [1.29, 1.82) is 10.5 Å². The lowest BCUT2D eigenvalue weighted by Gasteiger charge is -2.42. The Hall–Kier alpha value is -1.30. The summed E-state index contributed by atoms with van der Waals surface area (Å²) in [6.45, 7) is 4.87. The van der Waals surface area contributed by atoms with Gasteiger partial charge in [0.25, 0.3) is 0 Å². The van der Waals surface area contributed by atoms with E-state index in [0.717, 1.165) is 0 Å². The molecule has 1 aliphatic heterocycles. The fraction of sp³-hybridized carbons (Fsp3) is 0.750. The molecule has 0 bridgehead atoms. The van der Waals surface area contributed by atoms with Gasteiger partial charge in [-0.05, 0) is 13.8 Å². The minimum atomic E-state index is 0.000833. The second-order valence-electron chi connectivity index (χ2n) is 3.08. The van der Waals surface area contributed by atoms with E-state index in [9.17, 15) is 0 Å². The molecule has 0 aliphatic carbocycles. The average Bonchev–Trinajstić information content (AvgIpc) is 2.11. The molecule has 0 aromatic rings. The Morgan fingerprint density at radius 1 is 1.46 bits per heavy atom. The van der Waals surface area contributed by atoms with Gasteiger partial charge in [-0.3, -0.25) is 15.1 Å². The van der Waals surface area contributed by atoms with E-state index in [1.54, 1.807) is 4.90 Å². The number of hydrogen-bond donors (Lipinski definition) is 1. The number of hydrogen-bond acceptors (Lipinski definition) is 5. The molecule has 1 heterocycles. The summed E-state index contributed by atoms with van der Waals surface area (Å²) in [6.07, 6.45) is 2.16. The predicted molar refractivity (Wildman–Crippen MR) is 46.7 cm³/mol. The fourth-order valence-electron chi connectivity index (χ4n) is 1.43. The van der Waals surface area contributed by atoms with E-state index in [0.29, 0.717) is 13.2 Å². The van der Waals surface area contributed by atoms with Crippen molar-refractivity contribution in [2.24, 2.45) is 0 Å². The lowest BCUT2D eigenvalue weighted by molar-refractivity contribution is 0.0111. The van der Waals surface area contributed by atoms with Gasteiger partial charge in [-0.1, -0.05) is 0 Å². The zero-order valence-corrected chi connectivity index (χ0v) is 7.86. The Morgan fingerprint density at radius 3 is 2.69 bits per heavy atom. The van der Waals surface area contributed by atoms with E-state index in [-0.39, 0.29) is 12.3 Å². The number of nitrogens with zero attached hydrogens (tertiary/aromatic N) is 4. The summed E-state index contributed by atoms with van der Waals surface area (Å²) >= 11 is 0. The monoisotopic (exact) mass is 179 g/mol. The molecule has 5 heteroatoms.